The van der Waals surface area contributed by atoms with Crippen LogP contribution in [0.3, 0.4) is 0 Å². The molecule has 0 spiro atoms. The Morgan fingerprint density at radius 1 is 0.512 bits per heavy atom. The molecule has 0 radical (unpaired) electrons. The smallest absolute Gasteiger partial charge is 0.119 e. The summed E-state index contributed by atoms with van der Waals surface area (Å²) >= 11 is 3.41. The summed E-state index contributed by atoms with van der Waals surface area (Å²) in [4.78, 5) is 0. The van der Waals surface area contributed by atoms with Crippen molar-refractivity contribution >= 4 is 22.7 Å². The fourth-order valence-electron chi connectivity index (χ4n) is 6.27. The number of aliphatic hydroxyl groups is 2. The van der Waals surface area contributed by atoms with Crippen LogP contribution in [-0.2, 0) is 5.41 Å². The van der Waals surface area contributed by atoms with Gasteiger partial charge in [0, 0.05) is 0 Å². The van der Waals surface area contributed by atoms with Crippen LogP contribution in [0.25, 0.3) is 33.4 Å². The van der Waals surface area contributed by atoms with Crippen molar-refractivity contribution < 1.29 is 19.7 Å². The van der Waals surface area contributed by atoms with Gasteiger partial charge >= 0.3 is 0 Å². The van der Waals surface area contributed by atoms with Crippen LogP contribution in [-0.4, -0.2) is 36.6 Å². The summed E-state index contributed by atoms with van der Waals surface area (Å²) in [5.74, 6) is 1.44. The second-order valence-corrected chi connectivity index (χ2v) is 12.0. The van der Waals surface area contributed by atoms with Crippen molar-refractivity contribution in [3.05, 3.63) is 141 Å². The average molecular weight is 603 g/mol. The van der Waals surface area contributed by atoms with Gasteiger partial charge < -0.3 is 19.7 Å². The molecule has 0 atom stereocenters. The summed E-state index contributed by atoms with van der Waals surface area (Å²) in [6.07, 6.45) is 0. The van der Waals surface area contributed by atoms with Gasteiger partial charge in [-0.1, -0.05) is 48.5 Å². The quantitative estimate of drug-likeness (QED) is 0.166. The van der Waals surface area contributed by atoms with Gasteiger partial charge in [0.1, 0.15) is 24.7 Å². The zero-order chi connectivity index (χ0) is 29.2. The minimum Gasteiger partial charge on any atom is -0.491 e. The molecule has 0 saturated heterocycles. The molecule has 1 aliphatic carbocycles. The Balaban J connectivity index is 1.49. The predicted octanol–water partition coefficient (Wildman–Crippen LogP) is 8.25. The Kier molecular flexibility index (Phi) is 7.59. The average Bonchev–Trinajstić information content (AvgIpc) is 3.84. The van der Waals surface area contributed by atoms with E-state index in [2.05, 4.69) is 94.3 Å². The minimum atomic E-state index is -0.587. The molecule has 0 bridgehead atoms. The molecule has 43 heavy (non-hydrogen) atoms. The van der Waals surface area contributed by atoms with Crippen molar-refractivity contribution in [1.82, 2.24) is 0 Å². The summed E-state index contributed by atoms with van der Waals surface area (Å²) in [7, 11) is 0. The number of thiophene rings is 2. The largest absolute Gasteiger partial charge is 0.491 e. The molecule has 0 amide bonds. The molecule has 2 heterocycles. The Morgan fingerprint density at radius 2 is 0.953 bits per heavy atom. The van der Waals surface area contributed by atoms with Gasteiger partial charge in [-0.2, -0.15) is 22.7 Å². The van der Waals surface area contributed by atoms with E-state index in [1.807, 2.05) is 24.3 Å². The first-order chi connectivity index (χ1) is 21.2. The Labute approximate surface area is 259 Å². The van der Waals surface area contributed by atoms with Gasteiger partial charge in [-0.05, 0) is 126 Å². The fourth-order valence-corrected chi connectivity index (χ4v) is 7.60. The number of ether oxygens (including phenoxy) is 2. The molecular formula is C37H30O4S2. The highest BCUT2D eigenvalue weighted by Crippen LogP contribution is 2.57. The molecule has 7 rings (SSSR count). The first-order valence-corrected chi connectivity index (χ1v) is 16.1. The van der Waals surface area contributed by atoms with E-state index in [4.69, 9.17) is 9.47 Å². The summed E-state index contributed by atoms with van der Waals surface area (Å²) in [5.41, 5.74) is 11.4. The first kappa shape index (κ1) is 27.6. The van der Waals surface area contributed by atoms with E-state index in [1.165, 1.54) is 44.5 Å². The third-order valence-corrected chi connectivity index (χ3v) is 9.51. The molecule has 214 valence electrons. The Morgan fingerprint density at radius 3 is 1.33 bits per heavy atom. The monoisotopic (exact) mass is 602 g/mol. The van der Waals surface area contributed by atoms with Gasteiger partial charge in [0.2, 0.25) is 0 Å². The molecule has 2 aromatic heterocycles. The number of benzene rings is 4. The van der Waals surface area contributed by atoms with Crippen LogP contribution in [0.5, 0.6) is 11.5 Å². The minimum absolute atomic E-state index is 0.0317. The summed E-state index contributed by atoms with van der Waals surface area (Å²) < 4.78 is 11.5. The second kappa shape index (κ2) is 11.8. The van der Waals surface area contributed by atoms with E-state index in [1.54, 1.807) is 22.7 Å². The lowest BCUT2D eigenvalue weighted by molar-refractivity contribution is 0.201. The van der Waals surface area contributed by atoms with Gasteiger partial charge in [0.15, 0.2) is 0 Å². The van der Waals surface area contributed by atoms with Gasteiger partial charge in [-0.15, -0.1) is 0 Å². The van der Waals surface area contributed by atoms with E-state index in [0.717, 1.165) is 22.6 Å². The lowest BCUT2D eigenvalue weighted by Gasteiger charge is -2.34. The lowest BCUT2D eigenvalue weighted by atomic mass is 9.67. The van der Waals surface area contributed by atoms with E-state index in [9.17, 15) is 10.2 Å². The third-order valence-electron chi connectivity index (χ3n) is 8.14. The van der Waals surface area contributed by atoms with Crippen molar-refractivity contribution in [1.29, 1.82) is 0 Å². The highest BCUT2D eigenvalue weighted by atomic mass is 32.1. The van der Waals surface area contributed by atoms with Crippen LogP contribution in [0.2, 0.25) is 0 Å². The molecule has 6 aromatic rings. The van der Waals surface area contributed by atoms with Gasteiger partial charge in [0.05, 0.1) is 18.6 Å². The molecule has 2 N–H and O–H groups in total. The van der Waals surface area contributed by atoms with Crippen LogP contribution in [0.15, 0.2) is 119 Å². The van der Waals surface area contributed by atoms with Crippen LogP contribution in [0.4, 0.5) is 0 Å². The van der Waals surface area contributed by atoms with Crippen molar-refractivity contribution in [2.45, 2.75) is 5.41 Å². The molecule has 1 aliphatic rings. The number of hydrogen-bond donors (Lipinski definition) is 2. The Hall–Kier alpha value is -4.20. The maximum atomic E-state index is 9.27. The number of rotatable bonds is 10. The standard InChI is InChI=1S/C37H30O4S2/c38-15-17-40-31-7-3-29(4-8-31)37(30-5-9-32(10-6-30)41-18-16-39)35-11-1-25(27-13-19-42-23-27)21-33(35)34-22-26(2-12-36(34)37)28-14-20-43-24-28/h1-14,19-24,38-39H,15-18H2. The summed E-state index contributed by atoms with van der Waals surface area (Å²) in [5, 5.41) is 27.2. The van der Waals surface area contributed by atoms with E-state index >= 15 is 0 Å². The second-order valence-electron chi connectivity index (χ2n) is 10.5. The molecule has 4 aromatic carbocycles. The van der Waals surface area contributed by atoms with Crippen molar-refractivity contribution in [3.63, 3.8) is 0 Å². The number of fused-ring (bicyclic) bond motifs is 3. The third kappa shape index (κ3) is 4.86. The maximum Gasteiger partial charge on any atom is 0.119 e. The van der Waals surface area contributed by atoms with Crippen molar-refractivity contribution in [2.24, 2.45) is 0 Å². The van der Waals surface area contributed by atoms with Crippen LogP contribution >= 0.6 is 22.7 Å². The van der Waals surface area contributed by atoms with Gasteiger partial charge in [-0.3, -0.25) is 0 Å². The van der Waals surface area contributed by atoms with Crippen molar-refractivity contribution in [3.8, 4) is 44.9 Å². The first-order valence-electron chi connectivity index (χ1n) is 14.3. The van der Waals surface area contributed by atoms with E-state index in [-0.39, 0.29) is 26.4 Å². The highest BCUT2D eigenvalue weighted by Gasteiger charge is 2.46. The highest BCUT2D eigenvalue weighted by molar-refractivity contribution is 7.08. The normalized spacial score (nSPS) is 13.0. The molecule has 0 unspecified atom stereocenters. The van der Waals surface area contributed by atoms with Gasteiger partial charge in [0.25, 0.3) is 0 Å². The molecule has 0 aliphatic heterocycles. The number of aliphatic hydroxyl groups excluding tert-OH is 2. The van der Waals surface area contributed by atoms with Crippen LogP contribution < -0.4 is 9.47 Å². The fraction of sp³-hybridized carbons (Fsp3) is 0.135. The topological polar surface area (TPSA) is 58.9 Å². The maximum absolute atomic E-state index is 9.27. The lowest BCUT2D eigenvalue weighted by Crippen LogP contribution is -2.28. The number of hydrogen-bond acceptors (Lipinski definition) is 6. The van der Waals surface area contributed by atoms with E-state index in [0.29, 0.717) is 0 Å². The van der Waals surface area contributed by atoms with Crippen molar-refractivity contribution in [2.75, 3.05) is 26.4 Å². The SMILES string of the molecule is OCCOc1ccc(C2(c3ccc(OCCO)cc3)c3ccc(-c4ccsc4)cc3-c3cc(-c4ccsc4)ccc32)cc1. The summed E-state index contributed by atoms with van der Waals surface area (Å²) in [6.45, 7) is 0.441. The molecular weight excluding hydrogens is 573 g/mol. The molecule has 0 fully saturated rings. The van der Waals surface area contributed by atoms with Crippen LogP contribution in [0, 0.1) is 0 Å². The zero-order valence-electron chi connectivity index (χ0n) is 23.4. The zero-order valence-corrected chi connectivity index (χ0v) is 25.0. The van der Waals surface area contributed by atoms with Gasteiger partial charge in [-0.25, -0.2) is 0 Å². The predicted molar refractivity (Wildman–Crippen MR) is 176 cm³/mol. The van der Waals surface area contributed by atoms with E-state index < -0.39 is 5.41 Å². The molecule has 6 heteroatoms. The molecule has 4 nitrogen and oxygen atoms in total. The summed E-state index contributed by atoms with van der Waals surface area (Å²) in [6, 6.07) is 34.6. The van der Waals surface area contributed by atoms with Crippen LogP contribution in [0.1, 0.15) is 22.3 Å². The molecule has 0 saturated carbocycles. The Bertz CT molecular complexity index is 1690.